The molecule has 4 aliphatic rings. The number of fused-ring (bicyclic) bond motifs is 5. The monoisotopic (exact) mass is 348 g/mol. The molecule has 2 fully saturated rings. The van der Waals surface area contributed by atoms with Crippen molar-refractivity contribution in [3.8, 4) is 0 Å². The maximum absolute atomic E-state index is 10.6. The van der Waals surface area contributed by atoms with Crippen molar-refractivity contribution in [2.45, 2.75) is 70.5 Å². The molecule has 0 amide bonds. The van der Waals surface area contributed by atoms with E-state index in [2.05, 4.69) is 25.3 Å². The smallest absolute Gasteiger partial charge is 0.0724 e. The van der Waals surface area contributed by atoms with Gasteiger partial charge in [0.1, 0.15) is 0 Å². The summed E-state index contributed by atoms with van der Waals surface area (Å²) < 4.78 is 0. The highest BCUT2D eigenvalue weighted by Gasteiger charge is 2.56. The summed E-state index contributed by atoms with van der Waals surface area (Å²) in [6.07, 6.45) is 15.4. The van der Waals surface area contributed by atoms with Crippen LogP contribution in [0.3, 0.4) is 0 Å². The van der Waals surface area contributed by atoms with E-state index in [1.807, 2.05) is 11.8 Å². The first-order valence-electron chi connectivity index (χ1n) is 9.78. The molecule has 0 saturated heterocycles. The molecule has 24 heavy (non-hydrogen) atoms. The Morgan fingerprint density at radius 3 is 2.83 bits per heavy atom. The lowest BCUT2D eigenvalue weighted by atomic mass is 9.50. The third-order valence-corrected chi connectivity index (χ3v) is 8.50. The van der Waals surface area contributed by atoms with Crippen molar-refractivity contribution in [2.24, 2.45) is 22.7 Å². The zero-order chi connectivity index (χ0) is 16.9. The fourth-order valence-electron chi connectivity index (χ4n) is 6.50. The van der Waals surface area contributed by atoms with Crippen molar-refractivity contribution in [2.75, 3.05) is 12.0 Å². The molecule has 2 saturated carbocycles. The van der Waals surface area contributed by atoms with Crippen LogP contribution in [0, 0.1) is 22.7 Å². The number of thioether (sulfide) groups is 1. The van der Waals surface area contributed by atoms with E-state index in [9.17, 15) is 10.2 Å². The highest BCUT2D eigenvalue weighted by atomic mass is 32.2. The van der Waals surface area contributed by atoms with E-state index in [1.165, 1.54) is 30.6 Å². The summed E-state index contributed by atoms with van der Waals surface area (Å²) in [4.78, 5) is 0. The van der Waals surface area contributed by atoms with Gasteiger partial charge in [-0.2, -0.15) is 11.8 Å². The molecule has 2 N–H and O–H groups in total. The predicted octanol–water partition coefficient (Wildman–Crippen LogP) is 4.32. The maximum Gasteiger partial charge on any atom is 0.0724 e. The van der Waals surface area contributed by atoms with Gasteiger partial charge in [-0.05, 0) is 75.2 Å². The first-order chi connectivity index (χ1) is 11.5. The lowest BCUT2D eigenvalue weighted by Crippen LogP contribution is -2.46. The van der Waals surface area contributed by atoms with Gasteiger partial charge in [-0.15, -0.1) is 0 Å². The molecule has 0 aromatic carbocycles. The fraction of sp³-hybridized carbons (Fsp3) is 0.810. The molecule has 0 aliphatic heterocycles. The van der Waals surface area contributed by atoms with Crippen LogP contribution >= 0.6 is 11.8 Å². The zero-order valence-electron chi connectivity index (χ0n) is 15.1. The third kappa shape index (κ3) is 2.38. The van der Waals surface area contributed by atoms with Crippen molar-refractivity contribution in [3.63, 3.8) is 0 Å². The highest BCUT2D eigenvalue weighted by Crippen LogP contribution is 2.64. The van der Waals surface area contributed by atoms with Crippen LogP contribution in [0.25, 0.3) is 0 Å². The van der Waals surface area contributed by atoms with Gasteiger partial charge in [0.2, 0.25) is 0 Å². The van der Waals surface area contributed by atoms with Crippen LogP contribution in [0.15, 0.2) is 23.3 Å². The summed E-state index contributed by atoms with van der Waals surface area (Å²) >= 11 is 1.95. The van der Waals surface area contributed by atoms with Gasteiger partial charge in [-0.3, -0.25) is 0 Å². The Kier molecular flexibility index (Phi) is 4.42. The van der Waals surface area contributed by atoms with E-state index in [0.29, 0.717) is 11.8 Å². The first-order valence-corrected chi connectivity index (χ1v) is 11.2. The third-order valence-electron chi connectivity index (χ3n) is 7.89. The number of hydrogen-bond acceptors (Lipinski definition) is 3. The minimum absolute atomic E-state index is 0.101. The Bertz CT molecular complexity index is 568. The van der Waals surface area contributed by atoms with Gasteiger partial charge < -0.3 is 10.2 Å². The van der Waals surface area contributed by atoms with Gasteiger partial charge in [0.05, 0.1) is 12.2 Å². The summed E-state index contributed by atoms with van der Waals surface area (Å²) in [6.45, 7) is 2.33. The highest BCUT2D eigenvalue weighted by molar-refractivity contribution is 7.98. The Morgan fingerprint density at radius 1 is 1.21 bits per heavy atom. The van der Waals surface area contributed by atoms with Crippen molar-refractivity contribution in [1.82, 2.24) is 0 Å². The van der Waals surface area contributed by atoms with Gasteiger partial charge in [-0.1, -0.05) is 30.2 Å². The van der Waals surface area contributed by atoms with Crippen molar-refractivity contribution in [1.29, 1.82) is 0 Å². The summed E-state index contributed by atoms with van der Waals surface area (Å²) in [6, 6.07) is 0. The van der Waals surface area contributed by atoms with Crippen LogP contribution in [0.4, 0.5) is 0 Å². The quantitative estimate of drug-likeness (QED) is 0.746. The topological polar surface area (TPSA) is 40.5 Å². The zero-order valence-corrected chi connectivity index (χ0v) is 15.9. The van der Waals surface area contributed by atoms with Gasteiger partial charge in [-0.25, -0.2) is 0 Å². The molecular weight excluding hydrogens is 316 g/mol. The lowest BCUT2D eigenvalue weighted by Gasteiger charge is -2.55. The second kappa shape index (κ2) is 6.17. The van der Waals surface area contributed by atoms with Gasteiger partial charge in [0, 0.05) is 10.8 Å². The molecule has 134 valence electrons. The molecule has 0 aromatic rings. The Morgan fingerprint density at radius 2 is 2.04 bits per heavy atom. The van der Waals surface area contributed by atoms with Gasteiger partial charge >= 0.3 is 0 Å². The Balaban J connectivity index is 1.75. The minimum atomic E-state index is -0.235. The van der Waals surface area contributed by atoms with Crippen LogP contribution in [0.1, 0.15) is 58.3 Å². The summed E-state index contributed by atoms with van der Waals surface area (Å²) in [5.74, 6) is 2.52. The summed E-state index contributed by atoms with van der Waals surface area (Å²) in [7, 11) is 0. The first kappa shape index (κ1) is 17.2. The normalized spacial score (nSPS) is 47.3. The molecule has 0 unspecified atom stereocenters. The standard InChI is InChI=1S/C21H32O2S/c1-20-9-8-18-16(17(20)5-6-19(20)23)4-3-14-13-15(22)7-10-21(14,18)11-12-24-2/h8,13,15-17,19,22-23H,3-7,9-12H2,1-2H3/t15-,16+,17+,19+,20+,21-/m1/s1. The van der Waals surface area contributed by atoms with E-state index in [-0.39, 0.29) is 23.0 Å². The molecule has 0 radical (unpaired) electrons. The molecule has 2 nitrogen and oxygen atoms in total. The molecule has 4 rings (SSSR count). The Labute approximate surface area is 150 Å². The number of aliphatic hydroxyl groups is 2. The van der Waals surface area contributed by atoms with Crippen molar-refractivity contribution < 1.29 is 10.2 Å². The number of allylic oxidation sites excluding steroid dienone is 3. The van der Waals surface area contributed by atoms with Crippen LogP contribution in [-0.2, 0) is 0 Å². The number of rotatable bonds is 3. The second-order valence-electron chi connectivity index (χ2n) is 8.84. The number of aliphatic hydroxyl groups excluding tert-OH is 2. The molecule has 0 bridgehead atoms. The number of hydrogen-bond donors (Lipinski definition) is 2. The molecule has 3 heteroatoms. The second-order valence-corrected chi connectivity index (χ2v) is 9.82. The summed E-state index contributed by atoms with van der Waals surface area (Å²) in [5.41, 5.74) is 3.54. The molecule has 0 spiro atoms. The SMILES string of the molecule is CSCC[C@]12CC[C@@H](O)C=C1CC[C@@H]1C2=CC[C@]2(C)[C@@H](O)CC[C@@H]12. The average molecular weight is 349 g/mol. The average Bonchev–Trinajstić information content (AvgIpc) is 2.88. The lowest BCUT2D eigenvalue weighted by molar-refractivity contribution is 0.0109. The van der Waals surface area contributed by atoms with Gasteiger partial charge in [0.15, 0.2) is 0 Å². The summed E-state index contributed by atoms with van der Waals surface area (Å²) in [5, 5.41) is 20.7. The molecular formula is C21H32O2S. The van der Waals surface area contributed by atoms with E-state index in [0.717, 1.165) is 32.1 Å². The minimum Gasteiger partial charge on any atom is -0.393 e. The van der Waals surface area contributed by atoms with Gasteiger partial charge in [0.25, 0.3) is 0 Å². The van der Waals surface area contributed by atoms with E-state index < -0.39 is 0 Å². The van der Waals surface area contributed by atoms with Crippen LogP contribution < -0.4 is 0 Å². The van der Waals surface area contributed by atoms with E-state index >= 15 is 0 Å². The largest absolute Gasteiger partial charge is 0.393 e. The molecule has 6 atom stereocenters. The molecule has 0 heterocycles. The van der Waals surface area contributed by atoms with Crippen LogP contribution in [0.2, 0.25) is 0 Å². The molecule has 4 aliphatic carbocycles. The Hall–Kier alpha value is -0.250. The van der Waals surface area contributed by atoms with Crippen LogP contribution in [-0.4, -0.2) is 34.4 Å². The maximum atomic E-state index is 10.6. The molecule has 0 aromatic heterocycles. The van der Waals surface area contributed by atoms with Crippen LogP contribution in [0.5, 0.6) is 0 Å². The predicted molar refractivity (Wildman–Crippen MR) is 101 cm³/mol. The van der Waals surface area contributed by atoms with Crippen molar-refractivity contribution >= 4 is 11.8 Å². The van der Waals surface area contributed by atoms with Crippen molar-refractivity contribution in [3.05, 3.63) is 23.3 Å². The van der Waals surface area contributed by atoms with E-state index in [1.54, 1.807) is 5.57 Å². The fourth-order valence-corrected chi connectivity index (χ4v) is 7.05. The van der Waals surface area contributed by atoms with E-state index in [4.69, 9.17) is 0 Å².